The summed E-state index contributed by atoms with van der Waals surface area (Å²) in [6.07, 6.45) is 11.6. The number of rotatable bonds is 13. The molecular weight excluding hydrogens is 590 g/mol. The van der Waals surface area contributed by atoms with Gasteiger partial charge in [-0.2, -0.15) is 0 Å². The Hall–Kier alpha value is -3.45. The second-order valence-corrected chi connectivity index (χ2v) is 14.2. The number of nitrogens with zero attached hydrogens (tertiary/aromatic N) is 3. The zero-order chi connectivity index (χ0) is 33.2. The first-order valence-electron chi connectivity index (χ1n) is 16.9. The predicted molar refractivity (Wildman–Crippen MR) is 168 cm³/mol. The molecule has 4 aliphatic rings. The molecule has 46 heavy (non-hydrogen) atoms. The van der Waals surface area contributed by atoms with Gasteiger partial charge in [-0.25, -0.2) is 4.98 Å². The molecular formula is C33H49N7O6. The second kappa shape index (κ2) is 14.1. The quantitative estimate of drug-likeness (QED) is 0.156. The van der Waals surface area contributed by atoms with Crippen LogP contribution in [0.25, 0.3) is 0 Å². The SMILES string of the molecule is CCCC(NC(O)[C@@H]1[C@@H](C2CCCCC2)CC2N1C(=O)[C@@H](NC(=O)[C@H](C)NC(=O)c1cnccn1)C2(C)C)C(=O)C(=O)NC1CC1. The molecule has 3 heterocycles. The molecule has 13 nitrogen and oxygen atoms in total. The summed E-state index contributed by atoms with van der Waals surface area (Å²) in [6.45, 7) is 7.36. The normalized spacial score (nSPS) is 27.8. The lowest BCUT2D eigenvalue weighted by Gasteiger charge is -2.38. The van der Waals surface area contributed by atoms with Crippen molar-refractivity contribution in [1.29, 1.82) is 0 Å². The molecule has 2 saturated heterocycles. The van der Waals surface area contributed by atoms with Crippen LogP contribution in [0.3, 0.4) is 0 Å². The van der Waals surface area contributed by atoms with Gasteiger partial charge in [-0.05, 0) is 44.4 Å². The first-order valence-corrected chi connectivity index (χ1v) is 16.9. The number of hydrogen-bond donors (Lipinski definition) is 5. The van der Waals surface area contributed by atoms with Gasteiger partial charge >= 0.3 is 0 Å². The number of carbonyl (C=O) groups excluding carboxylic acids is 5. The van der Waals surface area contributed by atoms with Crippen molar-refractivity contribution in [2.24, 2.45) is 17.3 Å². The van der Waals surface area contributed by atoms with Gasteiger partial charge in [0.2, 0.25) is 17.6 Å². The van der Waals surface area contributed by atoms with Crippen molar-refractivity contribution < 1.29 is 29.1 Å². The standard InChI is InChI=1S/C33H49N7O6/c1-5-9-22(26(41)31(45)37-20-12-13-20)38-30(44)25-21(19-10-7-6-8-11-19)16-24-33(3,4)27(32(46)40(24)25)39-28(42)18(2)36-29(43)23-17-34-14-15-35-23/h14-15,17-22,24-25,27,30,38,44H,5-13,16H2,1-4H3,(H,36,43)(H,37,45)(H,39,42)/t18-,21+,22?,24?,25-,27+,30?/m0/s1. The monoisotopic (exact) mass is 639 g/mol. The summed E-state index contributed by atoms with van der Waals surface area (Å²) in [5.41, 5.74) is -0.617. The molecule has 5 N–H and O–H groups in total. The first kappa shape index (κ1) is 33.9. The van der Waals surface area contributed by atoms with E-state index >= 15 is 0 Å². The van der Waals surface area contributed by atoms with E-state index in [1.165, 1.54) is 25.5 Å². The van der Waals surface area contributed by atoms with Crippen LogP contribution in [0.15, 0.2) is 18.6 Å². The summed E-state index contributed by atoms with van der Waals surface area (Å²) in [7, 11) is 0. The van der Waals surface area contributed by atoms with Crippen LogP contribution in [-0.4, -0.2) is 91.9 Å². The fourth-order valence-corrected chi connectivity index (χ4v) is 7.76. The Labute approximate surface area is 270 Å². The average molecular weight is 640 g/mol. The Balaban J connectivity index is 1.34. The average Bonchev–Trinajstić information content (AvgIpc) is 3.73. The van der Waals surface area contributed by atoms with Crippen LogP contribution in [0.2, 0.25) is 0 Å². The van der Waals surface area contributed by atoms with Gasteiger partial charge in [-0.15, -0.1) is 0 Å². The minimum atomic E-state index is -1.24. The van der Waals surface area contributed by atoms with E-state index in [0.717, 1.165) is 44.9 Å². The minimum Gasteiger partial charge on any atom is -0.376 e. The van der Waals surface area contributed by atoms with Crippen molar-refractivity contribution >= 4 is 29.4 Å². The summed E-state index contributed by atoms with van der Waals surface area (Å²) in [5.74, 6) is -2.31. The number of fused-ring (bicyclic) bond motifs is 1. The van der Waals surface area contributed by atoms with Crippen LogP contribution < -0.4 is 21.3 Å². The van der Waals surface area contributed by atoms with Crippen LogP contribution in [0.5, 0.6) is 0 Å². The van der Waals surface area contributed by atoms with Crippen molar-refractivity contribution in [2.75, 3.05) is 0 Å². The highest BCUT2D eigenvalue weighted by Crippen LogP contribution is 2.52. The first-order chi connectivity index (χ1) is 21.9. The molecule has 3 unspecified atom stereocenters. The highest BCUT2D eigenvalue weighted by atomic mass is 16.3. The summed E-state index contributed by atoms with van der Waals surface area (Å²) >= 11 is 0. The van der Waals surface area contributed by atoms with E-state index in [4.69, 9.17) is 0 Å². The zero-order valence-electron chi connectivity index (χ0n) is 27.3. The van der Waals surface area contributed by atoms with Gasteiger partial charge in [0.25, 0.3) is 11.8 Å². The van der Waals surface area contributed by atoms with E-state index in [-0.39, 0.29) is 29.6 Å². The van der Waals surface area contributed by atoms with Gasteiger partial charge < -0.3 is 26.0 Å². The molecule has 13 heteroatoms. The van der Waals surface area contributed by atoms with Gasteiger partial charge in [-0.1, -0.05) is 59.3 Å². The number of aromatic nitrogens is 2. The van der Waals surface area contributed by atoms with Crippen LogP contribution in [0.4, 0.5) is 0 Å². The number of hydrogen-bond acceptors (Lipinski definition) is 9. The van der Waals surface area contributed by atoms with Gasteiger partial charge in [0.15, 0.2) is 0 Å². The Morgan fingerprint density at radius 1 is 1.07 bits per heavy atom. The van der Waals surface area contributed by atoms with E-state index in [0.29, 0.717) is 25.2 Å². The molecule has 4 amide bonds. The van der Waals surface area contributed by atoms with E-state index in [2.05, 4.69) is 31.2 Å². The van der Waals surface area contributed by atoms with E-state index < -0.39 is 59.3 Å². The number of aliphatic hydroxyl groups excluding tert-OH is 1. The van der Waals surface area contributed by atoms with Gasteiger partial charge in [0.05, 0.1) is 18.3 Å². The highest BCUT2D eigenvalue weighted by Gasteiger charge is 2.63. The molecule has 1 aromatic heterocycles. The van der Waals surface area contributed by atoms with E-state index in [1.807, 2.05) is 20.8 Å². The number of carbonyl (C=O) groups is 5. The molecule has 2 aliphatic heterocycles. The summed E-state index contributed by atoms with van der Waals surface area (Å²) in [4.78, 5) is 75.6. The van der Waals surface area contributed by atoms with Gasteiger partial charge in [0, 0.05) is 29.9 Å². The van der Waals surface area contributed by atoms with E-state index in [1.54, 1.807) is 4.90 Å². The molecule has 0 aromatic carbocycles. The number of nitrogens with one attached hydrogen (secondary N) is 4. The highest BCUT2D eigenvalue weighted by molar-refractivity contribution is 6.38. The number of ketones is 1. The Morgan fingerprint density at radius 2 is 1.78 bits per heavy atom. The van der Waals surface area contributed by atoms with Gasteiger partial charge in [-0.3, -0.25) is 34.3 Å². The summed E-state index contributed by atoms with van der Waals surface area (Å²) in [5, 5.41) is 23.2. The molecule has 0 spiro atoms. The third-order valence-electron chi connectivity index (χ3n) is 10.5. The summed E-state index contributed by atoms with van der Waals surface area (Å²) < 4.78 is 0. The van der Waals surface area contributed by atoms with E-state index in [9.17, 15) is 29.1 Å². The Morgan fingerprint density at radius 3 is 2.41 bits per heavy atom. The second-order valence-electron chi connectivity index (χ2n) is 14.2. The Bertz CT molecular complexity index is 1300. The number of amides is 4. The van der Waals surface area contributed by atoms with Crippen LogP contribution in [-0.2, 0) is 19.2 Å². The van der Waals surface area contributed by atoms with Crippen molar-refractivity contribution in [3.63, 3.8) is 0 Å². The van der Waals surface area contributed by atoms with Crippen LogP contribution >= 0.6 is 0 Å². The maximum absolute atomic E-state index is 14.3. The lowest BCUT2D eigenvalue weighted by atomic mass is 9.72. The largest absolute Gasteiger partial charge is 0.376 e. The lowest BCUT2D eigenvalue weighted by molar-refractivity contribution is -0.141. The minimum absolute atomic E-state index is 0.00413. The molecule has 0 bridgehead atoms. The maximum atomic E-state index is 14.3. The lowest BCUT2D eigenvalue weighted by Crippen LogP contribution is -2.59. The van der Waals surface area contributed by atoms with Crippen molar-refractivity contribution in [1.82, 2.24) is 36.1 Å². The molecule has 252 valence electrons. The maximum Gasteiger partial charge on any atom is 0.289 e. The molecule has 2 saturated carbocycles. The predicted octanol–water partition coefficient (Wildman–Crippen LogP) is 1.21. The molecule has 1 aromatic rings. The molecule has 7 atom stereocenters. The third-order valence-corrected chi connectivity index (χ3v) is 10.5. The topological polar surface area (TPSA) is 183 Å². The van der Waals surface area contributed by atoms with Gasteiger partial charge in [0.1, 0.15) is 24.0 Å². The van der Waals surface area contributed by atoms with Crippen LogP contribution in [0, 0.1) is 17.3 Å². The molecule has 2 aliphatic carbocycles. The number of Topliss-reactive ketones (excluding diaryl/α,β-unsaturated/α-hetero) is 1. The molecule has 5 rings (SSSR count). The number of aliphatic hydroxyl groups is 1. The fourth-order valence-electron chi connectivity index (χ4n) is 7.76. The van der Waals surface area contributed by atoms with Crippen LogP contribution in [0.1, 0.15) is 102 Å². The summed E-state index contributed by atoms with van der Waals surface area (Å²) in [6, 6.07) is -3.58. The smallest absolute Gasteiger partial charge is 0.289 e. The third kappa shape index (κ3) is 7.10. The molecule has 4 fully saturated rings. The molecule has 0 radical (unpaired) electrons. The fraction of sp³-hybridized carbons (Fsp3) is 0.727. The zero-order valence-corrected chi connectivity index (χ0v) is 27.3. The van der Waals surface area contributed by atoms with Crippen molar-refractivity contribution in [2.45, 2.75) is 134 Å². The van der Waals surface area contributed by atoms with Crippen molar-refractivity contribution in [3.8, 4) is 0 Å². The van der Waals surface area contributed by atoms with Crippen molar-refractivity contribution in [3.05, 3.63) is 24.3 Å². The Kier molecular flexibility index (Phi) is 10.4.